The molecule has 272 valence electrons. The standard InChI is InChI=1S/C35H35ClF3N9O4/c1-3-27-30(44-13-14-45(21(2)19-44)28-18-40-47(32(28)50)24-7-5-4-6-8-24)33(51)48-34(42-31(43-48)22-11-15-52-16-12-22)46(27)20-29(49)41-26-10-9-23(17-25(26)36)35(37,38)39/h4-11,17-18,21,50H,3,12-16,19-20H2,1-2H3,(H,41,49)/t21-/m1/s1. The molecule has 52 heavy (non-hydrogen) atoms. The Bertz CT molecular complexity index is 2230. The molecule has 0 saturated carbocycles. The maximum absolute atomic E-state index is 14.3. The highest BCUT2D eigenvalue weighted by Gasteiger charge is 2.33. The highest BCUT2D eigenvalue weighted by molar-refractivity contribution is 6.33. The summed E-state index contributed by atoms with van der Waals surface area (Å²) >= 11 is 6.15. The first-order chi connectivity index (χ1) is 24.9. The molecule has 1 saturated heterocycles. The van der Waals surface area contributed by atoms with Crippen LogP contribution in [-0.4, -0.2) is 78.8 Å². The molecule has 5 heterocycles. The van der Waals surface area contributed by atoms with Crippen LogP contribution in [0, 0.1) is 0 Å². The van der Waals surface area contributed by atoms with Crippen LogP contribution >= 0.6 is 11.6 Å². The number of anilines is 3. The van der Waals surface area contributed by atoms with Gasteiger partial charge in [-0.25, -0.2) is 0 Å². The third-order valence-electron chi connectivity index (χ3n) is 9.26. The molecule has 13 nitrogen and oxygen atoms in total. The zero-order valence-corrected chi connectivity index (χ0v) is 29.0. The van der Waals surface area contributed by atoms with Gasteiger partial charge in [0.2, 0.25) is 17.6 Å². The van der Waals surface area contributed by atoms with E-state index < -0.39 is 23.2 Å². The average molecular weight is 738 g/mol. The largest absolute Gasteiger partial charge is 0.492 e. The van der Waals surface area contributed by atoms with Crippen molar-refractivity contribution in [3.05, 3.63) is 93.3 Å². The highest BCUT2D eigenvalue weighted by atomic mass is 35.5. The molecule has 1 amide bonds. The minimum absolute atomic E-state index is 0.00115. The summed E-state index contributed by atoms with van der Waals surface area (Å²) in [4.78, 5) is 36.6. The van der Waals surface area contributed by atoms with Gasteiger partial charge >= 0.3 is 6.18 Å². The average Bonchev–Trinajstić information content (AvgIpc) is 3.75. The first kappa shape index (κ1) is 35.1. The Morgan fingerprint density at radius 2 is 1.94 bits per heavy atom. The molecule has 0 aliphatic carbocycles. The Kier molecular flexibility index (Phi) is 9.44. The topological polar surface area (TPSA) is 135 Å². The number of nitrogens with one attached hydrogen (secondary N) is 1. The number of carbonyl (C=O) groups excluding carboxylic acids is 1. The second kappa shape index (κ2) is 14.0. The van der Waals surface area contributed by atoms with E-state index in [4.69, 9.17) is 21.3 Å². The van der Waals surface area contributed by atoms with Crippen LogP contribution in [0.1, 0.15) is 37.4 Å². The number of benzene rings is 2. The number of para-hydroxylation sites is 1. The van der Waals surface area contributed by atoms with Gasteiger partial charge in [0.25, 0.3) is 5.56 Å². The normalized spacial score (nSPS) is 16.7. The predicted octanol–water partition coefficient (Wildman–Crippen LogP) is 5.17. The van der Waals surface area contributed by atoms with Gasteiger partial charge in [0.15, 0.2) is 5.82 Å². The number of hydrogen-bond donors (Lipinski definition) is 2. The summed E-state index contributed by atoms with van der Waals surface area (Å²) < 4.78 is 49.4. The molecule has 2 aliphatic heterocycles. The lowest BCUT2D eigenvalue weighted by molar-refractivity contribution is -0.137. The first-order valence-corrected chi connectivity index (χ1v) is 17.1. The molecule has 7 rings (SSSR count). The summed E-state index contributed by atoms with van der Waals surface area (Å²) in [6.07, 6.45) is -0.246. The van der Waals surface area contributed by atoms with Gasteiger partial charge in [0, 0.05) is 25.7 Å². The van der Waals surface area contributed by atoms with Crippen molar-refractivity contribution in [2.24, 2.45) is 0 Å². The minimum atomic E-state index is -4.60. The first-order valence-electron chi connectivity index (χ1n) is 16.7. The Morgan fingerprint density at radius 1 is 1.15 bits per heavy atom. The second-order valence-corrected chi connectivity index (χ2v) is 13.0. The quantitative estimate of drug-likeness (QED) is 0.221. The Balaban J connectivity index is 1.23. The van der Waals surface area contributed by atoms with E-state index in [2.05, 4.69) is 15.5 Å². The van der Waals surface area contributed by atoms with Gasteiger partial charge in [-0.2, -0.15) is 32.5 Å². The van der Waals surface area contributed by atoms with Gasteiger partial charge in [-0.1, -0.05) is 42.8 Å². The van der Waals surface area contributed by atoms with E-state index in [1.165, 1.54) is 9.20 Å². The number of hydrogen-bond acceptors (Lipinski definition) is 9. The molecular formula is C35H35ClF3N9O4. The van der Waals surface area contributed by atoms with Crippen LogP contribution in [0.4, 0.5) is 30.2 Å². The Labute approximate surface area is 300 Å². The lowest BCUT2D eigenvalue weighted by atomic mass is 10.1. The number of fused-ring (bicyclic) bond motifs is 1. The lowest BCUT2D eigenvalue weighted by Crippen LogP contribution is -2.54. The van der Waals surface area contributed by atoms with Crippen molar-refractivity contribution in [1.29, 1.82) is 0 Å². The SMILES string of the molecule is CCc1c(N2CCN(c3cnn(-c4ccccc4)c3O)[C@H](C)C2)c(=O)n2nc(C3=CCOCC3)nc2n1CC(=O)Nc1ccc(C(F)(F)F)cc1Cl. The maximum Gasteiger partial charge on any atom is 0.416 e. The van der Waals surface area contributed by atoms with Crippen LogP contribution in [0.3, 0.4) is 0 Å². The fourth-order valence-electron chi connectivity index (χ4n) is 6.73. The second-order valence-electron chi connectivity index (χ2n) is 12.6. The molecular weight excluding hydrogens is 703 g/mol. The number of aromatic hydroxyl groups is 1. The molecule has 0 radical (unpaired) electrons. The van der Waals surface area contributed by atoms with Crippen molar-refractivity contribution >= 4 is 45.9 Å². The van der Waals surface area contributed by atoms with Gasteiger partial charge in [-0.05, 0) is 55.7 Å². The minimum Gasteiger partial charge on any atom is -0.492 e. The van der Waals surface area contributed by atoms with E-state index in [1.54, 1.807) is 10.8 Å². The zero-order valence-electron chi connectivity index (χ0n) is 28.3. The molecule has 3 aromatic heterocycles. The molecule has 2 N–H and O–H groups in total. The summed E-state index contributed by atoms with van der Waals surface area (Å²) in [5.74, 6) is -0.108. The molecule has 5 aromatic rings. The van der Waals surface area contributed by atoms with Crippen LogP contribution < -0.4 is 20.7 Å². The van der Waals surface area contributed by atoms with Crippen molar-refractivity contribution < 1.29 is 27.8 Å². The van der Waals surface area contributed by atoms with Crippen molar-refractivity contribution in [3.8, 4) is 11.6 Å². The third kappa shape index (κ3) is 6.59. The number of carbonyl (C=O) groups is 1. The monoisotopic (exact) mass is 737 g/mol. The van der Waals surface area contributed by atoms with Crippen molar-refractivity contribution in [1.82, 2.24) is 28.9 Å². The number of rotatable bonds is 8. The Hall–Kier alpha value is -5.35. The van der Waals surface area contributed by atoms with E-state index in [1.807, 2.05) is 60.1 Å². The van der Waals surface area contributed by atoms with Crippen LogP contribution in [0.15, 0.2) is 65.6 Å². The van der Waals surface area contributed by atoms with Crippen LogP contribution in [0.2, 0.25) is 5.02 Å². The number of alkyl halides is 3. The van der Waals surface area contributed by atoms with E-state index in [0.717, 1.165) is 23.8 Å². The van der Waals surface area contributed by atoms with E-state index >= 15 is 0 Å². The molecule has 0 unspecified atom stereocenters. The molecule has 1 fully saturated rings. The van der Waals surface area contributed by atoms with Crippen molar-refractivity contribution in [3.63, 3.8) is 0 Å². The molecule has 0 spiro atoms. The Morgan fingerprint density at radius 3 is 2.62 bits per heavy atom. The van der Waals surface area contributed by atoms with Crippen molar-refractivity contribution in [2.45, 2.75) is 45.5 Å². The van der Waals surface area contributed by atoms with Crippen LogP contribution in [-0.2, 0) is 28.7 Å². The summed E-state index contributed by atoms with van der Waals surface area (Å²) in [7, 11) is 0. The van der Waals surface area contributed by atoms with Gasteiger partial charge in [-0.3, -0.25) is 9.59 Å². The lowest BCUT2D eigenvalue weighted by Gasteiger charge is -2.42. The third-order valence-corrected chi connectivity index (χ3v) is 9.58. The summed E-state index contributed by atoms with van der Waals surface area (Å²) in [6, 6.07) is 11.8. The molecule has 2 aromatic carbocycles. The predicted molar refractivity (Wildman–Crippen MR) is 189 cm³/mol. The van der Waals surface area contributed by atoms with Gasteiger partial charge in [-0.15, -0.1) is 5.10 Å². The molecule has 17 heteroatoms. The summed E-state index contributed by atoms with van der Waals surface area (Å²) in [5, 5.41) is 22.5. The fourth-order valence-corrected chi connectivity index (χ4v) is 6.96. The van der Waals surface area contributed by atoms with Crippen LogP contribution in [0.5, 0.6) is 5.88 Å². The fraction of sp³-hybridized carbons (Fsp3) is 0.343. The highest BCUT2D eigenvalue weighted by Crippen LogP contribution is 2.35. The number of nitrogens with zero attached hydrogens (tertiary/aromatic N) is 8. The van der Waals surface area contributed by atoms with Crippen molar-refractivity contribution in [2.75, 3.05) is 48.0 Å². The number of aromatic nitrogens is 6. The summed E-state index contributed by atoms with van der Waals surface area (Å²) in [6.45, 7) is 5.59. The maximum atomic E-state index is 14.3. The van der Waals surface area contributed by atoms with E-state index in [-0.39, 0.29) is 35.0 Å². The zero-order chi connectivity index (χ0) is 36.7. The number of halogens is 4. The molecule has 2 aliphatic rings. The van der Waals surface area contributed by atoms with Crippen LogP contribution in [0.25, 0.3) is 17.0 Å². The van der Waals surface area contributed by atoms with E-state index in [0.29, 0.717) is 74.3 Å². The van der Waals surface area contributed by atoms with E-state index in [9.17, 15) is 27.9 Å². The number of ether oxygens (including phenoxy) is 1. The molecule has 0 bridgehead atoms. The smallest absolute Gasteiger partial charge is 0.416 e. The number of piperazine rings is 1. The van der Waals surface area contributed by atoms with Gasteiger partial charge in [0.1, 0.15) is 17.9 Å². The van der Waals surface area contributed by atoms with Gasteiger partial charge < -0.3 is 29.5 Å². The number of amides is 1. The summed E-state index contributed by atoms with van der Waals surface area (Å²) in [5.41, 5.74) is 1.63. The van der Waals surface area contributed by atoms with Gasteiger partial charge in [0.05, 0.1) is 47.1 Å². The molecule has 1 atom stereocenters.